The summed E-state index contributed by atoms with van der Waals surface area (Å²) >= 11 is 0. The van der Waals surface area contributed by atoms with Crippen molar-refractivity contribution < 1.29 is 22.1 Å². The van der Waals surface area contributed by atoms with Crippen LogP contribution >= 0.6 is 0 Å². The molecule has 0 aliphatic heterocycles. The van der Waals surface area contributed by atoms with Crippen molar-refractivity contribution in [3.63, 3.8) is 0 Å². The van der Waals surface area contributed by atoms with Gasteiger partial charge in [0.05, 0.1) is 44.8 Å². The summed E-state index contributed by atoms with van der Waals surface area (Å²) in [6.07, 6.45) is 2.33. The van der Waals surface area contributed by atoms with Crippen molar-refractivity contribution in [2.75, 3.05) is 20.3 Å². The molecule has 0 spiro atoms. The molecule has 8 nitrogen and oxygen atoms in total. The number of ether oxygens (including phenoxy) is 2. The van der Waals surface area contributed by atoms with Gasteiger partial charge in [0.2, 0.25) is 5.16 Å². The highest BCUT2D eigenvalue weighted by Crippen LogP contribution is 2.27. The van der Waals surface area contributed by atoms with E-state index in [0.717, 1.165) is 16.0 Å². The van der Waals surface area contributed by atoms with Gasteiger partial charge in [0.15, 0.2) is 0 Å². The topological polar surface area (TPSA) is 100 Å². The average molecular weight is 500 g/mol. The van der Waals surface area contributed by atoms with Gasteiger partial charge in [-0.1, -0.05) is 30.3 Å². The summed E-state index contributed by atoms with van der Waals surface area (Å²) in [6, 6.07) is 16.6. The van der Waals surface area contributed by atoms with E-state index in [-0.39, 0.29) is 15.8 Å². The van der Waals surface area contributed by atoms with Crippen LogP contribution in [0.1, 0.15) is 17.7 Å². The molecule has 10 heteroatoms. The number of hydrogen-bond acceptors (Lipinski definition) is 7. The molecular formula is C24H25N3O5S2. The molecule has 1 atom stereocenters. The Balaban J connectivity index is 1.70. The van der Waals surface area contributed by atoms with Crippen LogP contribution in [0.4, 0.5) is 0 Å². The molecule has 0 radical (unpaired) electrons. The summed E-state index contributed by atoms with van der Waals surface area (Å²) in [5, 5.41) is -0.0438. The van der Waals surface area contributed by atoms with Crippen LogP contribution < -0.4 is 4.74 Å². The highest BCUT2D eigenvalue weighted by Gasteiger charge is 2.27. The molecule has 0 aliphatic rings. The number of benzene rings is 2. The molecular weight excluding hydrogens is 474 g/mol. The van der Waals surface area contributed by atoms with Crippen LogP contribution in [0.25, 0.3) is 11.0 Å². The first-order valence-corrected chi connectivity index (χ1v) is 13.4. The predicted octanol–water partition coefficient (Wildman–Crippen LogP) is 3.70. The Hall–Kier alpha value is -3.08. The molecule has 0 fully saturated rings. The zero-order chi connectivity index (χ0) is 24.1. The summed E-state index contributed by atoms with van der Waals surface area (Å²) in [6.45, 7) is 2.91. The van der Waals surface area contributed by atoms with Gasteiger partial charge in [0, 0.05) is 31.9 Å². The minimum atomic E-state index is -4.02. The molecule has 0 saturated heterocycles. The molecule has 4 aromatic rings. The lowest BCUT2D eigenvalue weighted by Gasteiger charge is -2.13. The molecule has 0 saturated carbocycles. The predicted molar refractivity (Wildman–Crippen MR) is 130 cm³/mol. The molecule has 2 aromatic carbocycles. The van der Waals surface area contributed by atoms with Crippen molar-refractivity contribution in [3.8, 4) is 5.75 Å². The van der Waals surface area contributed by atoms with Gasteiger partial charge in [0.25, 0.3) is 10.0 Å². The number of nitrogens with zero attached hydrogens (tertiary/aromatic N) is 3. The Morgan fingerprint density at radius 1 is 1.00 bits per heavy atom. The summed E-state index contributed by atoms with van der Waals surface area (Å²) in [7, 11) is -4.18. The minimum absolute atomic E-state index is 0.00522. The van der Waals surface area contributed by atoms with Crippen molar-refractivity contribution in [1.29, 1.82) is 0 Å². The zero-order valence-electron chi connectivity index (χ0n) is 18.9. The lowest BCUT2D eigenvalue weighted by molar-refractivity contribution is 0.172. The van der Waals surface area contributed by atoms with E-state index >= 15 is 0 Å². The molecule has 0 bridgehead atoms. The van der Waals surface area contributed by atoms with Crippen LogP contribution in [0.15, 0.2) is 76.9 Å². The molecule has 0 amide bonds. The lowest BCUT2D eigenvalue weighted by atomic mass is 10.2. The Kier molecular flexibility index (Phi) is 7.40. The fraction of sp³-hybridized carbons (Fsp3) is 0.250. The van der Waals surface area contributed by atoms with Gasteiger partial charge in [0.1, 0.15) is 5.75 Å². The Morgan fingerprint density at radius 2 is 1.74 bits per heavy atom. The first kappa shape index (κ1) is 24.1. The molecule has 1 unspecified atom stereocenters. The van der Waals surface area contributed by atoms with Gasteiger partial charge >= 0.3 is 0 Å². The summed E-state index contributed by atoms with van der Waals surface area (Å²) in [5.74, 6) is 0.637. The largest absolute Gasteiger partial charge is 0.493 e. The number of imidazole rings is 1. The van der Waals surface area contributed by atoms with Crippen LogP contribution in [-0.2, 0) is 31.3 Å². The fourth-order valence-corrected chi connectivity index (χ4v) is 6.56. The SMILES string of the molecule is COCCCOc1ccnc(CS(=O)c2nc3ccccc3n2S(=O)(=O)c2ccccc2)c1C. The number of methoxy groups -OCH3 is 1. The maximum Gasteiger partial charge on any atom is 0.270 e. The minimum Gasteiger partial charge on any atom is -0.493 e. The second-order valence-corrected chi connectivity index (χ2v) is 10.7. The number of pyridine rings is 1. The van der Waals surface area contributed by atoms with Gasteiger partial charge in [-0.2, -0.15) is 0 Å². The van der Waals surface area contributed by atoms with Gasteiger partial charge in [-0.3, -0.25) is 9.19 Å². The quantitative estimate of drug-likeness (QED) is 0.307. The molecule has 4 rings (SSSR count). The van der Waals surface area contributed by atoms with E-state index in [4.69, 9.17) is 9.47 Å². The highest BCUT2D eigenvalue weighted by molar-refractivity contribution is 7.91. The van der Waals surface area contributed by atoms with Crippen molar-refractivity contribution in [2.45, 2.75) is 29.1 Å². The highest BCUT2D eigenvalue weighted by atomic mass is 32.2. The molecule has 0 aliphatic carbocycles. The maximum atomic E-state index is 13.5. The van der Waals surface area contributed by atoms with Crippen molar-refractivity contribution in [2.24, 2.45) is 0 Å². The second kappa shape index (κ2) is 10.5. The molecule has 178 valence electrons. The number of fused-ring (bicyclic) bond motifs is 1. The number of hydrogen-bond donors (Lipinski definition) is 0. The second-order valence-electron chi connectivity index (χ2n) is 7.53. The number of rotatable bonds is 10. The van der Waals surface area contributed by atoms with Crippen LogP contribution in [0.5, 0.6) is 5.75 Å². The van der Waals surface area contributed by atoms with Crippen LogP contribution in [0.3, 0.4) is 0 Å². The third-order valence-corrected chi connectivity index (χ3v) is 8.30. The van der Waals surface area contributed by atoms with E-state index in [0.29, 0.717) is 35.7 Å². The summed E-state index contributed by atoms with van der Waals surface area (Å²) in [4.78, 5) is 8.90. The lowest BCUT2D eigenvalue weighted by Crippen LogP contribution is -2.18. The molecule has 2 heterocycles. The van der Waals surface area contributed by atoms with Crippen molar-refractivity contribution in [1.82, 2.24) is 13.9 Å². The van der Waals surface area contributed by atoms with E-state index in [1.807, 2.05) is 6.92 Å². The van der Waals surface area contributed by atoms with Gasteiger partial charge in [-0.25, -0.2) is 17.4 Å². The Bertz CT molecular complexity index is 1420. The molecule has 34 heavy (non-hydrogen) atoms. The zero-order valence-corrected chi connectivity index (χ0v) is 20.5. The molecule has 2 aromatic heterocycles. The standard InChI is InChI=1S/C24H25N3O5S2/c1-18-21(25-14-13-23(18)32-16-8-15-31-2)17-33(28)24-26-20-11-6-7-12-22(20)27(24)34(29,30)19-9-4-3-5-10-19/h3-7,9-14H,8,15-17H2,1-2H3. The smallest absolute Gasteiger partial charge is 0.270 e. The van der Waals surface area contributed by atoms with Crippen LogP contribution in [0, 0.1) is 6.92 Å². The van der Waals surface area contributed by atoms with Crippen LogP contribution in [-0.4, -0.2) is 46.9 Å². The van der Waals surface area contributed by atoms with E-state index < -0.39 is 20.8 Å². The van der Waals surface area contributed by atoms with E-state index in [9.17, 15) is 12.6 Å². The molecule has 0 N–H and O–H groups in total. The third-order valence-electron chi connectivity index (χ3n) is 5.25. The Morgan fingerprint density at radius 3 is 2.50 bits per heavy atom. The van der Waals surface area contributed by atoms with Crippen LogP contribution in [0.2, 0.25) is 0 Å². The summed E-state index contributed by atoms with van der Waals surface area (Å²) in [5.41, 5.74) is 2.13. The average Bonchev–Trinajstić information content (AvgIpc) is 3.25. The fourth-order valence-electron chi connectivity index (χ4n) is 3.49. The van der Waals surface area contributed by atoms with Gasteiger partial charge in [-0.05, 0) is 37.3 Å². The number of aromatic nitrogens is 3. The first-order valence-electron chi connectivity index (χ1n) is 10.7. The Labute approximate surface area is 201 Å². The van der Waals surface area contributed by atoms with Gasteiger partial charge in [-0.15, -0.1) is 0 Å². The maximum absolute atomic E-state index is 13.5. The normalized spacial score (nSPS) is 12.6. The first-order chi connectivity index (χ1) is 16.4. The van der Waals surface area contributed by atoms with E-state index in [2.05, 4.69) is 9.97 Å². The number of para-hydroxylation sites is 2. The van der Waals surface area contributed by atoms with E-state index in [1.165, 1.54) is 12.1 Å². The monoisotopic (exact) mass is 499 g/mol. The van der Waals surface area contributed by atoms with Crippen molar-refractivity contribution in [3.05, 3.63) is 78.1 Å². The third kappa shape index (κ3) is 4.89. The van der Waals surface area contributed by atoms with Crippen molar-refractivity contribution >= 4 is 31.9 Å². The van der Waals surface area contributed by atoms with Gasteiger partial charge < -0.3 is 9.47 Å². The van der Waals surface area contributed by atoms with E-state index in [1.54, 1.807) is 61.8 Å². The summed E-state index contributed by atoms with van der Waals surface area (Å²) < 4.78 is 52.5.